The Morgan fingerprint density at radius 3 is 2.14 bits per heavy atom. The van der Waals surface area contributed by atoms with Crippen LogP contribution in [0.15, 0.2) is 41.3 Å². The number of rotatable bonds is 5. The number of hydrogen-bond acceptors (Lipinski definition) is 7. The van der Waals surface area contributed by atoms with Crippen LogP contribution in [0, 0.1) is 0 Å². The monoisotopic (exact) mass is 405 g/mol. The third-order valence-corrected chi connectivity index (χ3v) is 6.46. The number of amides is 1. The first kappa shape index (κ1) is 20.0. The molecule has 28 heavy (non-hydrogen) atoms. The molecule has 1 aliphatic rings. The summed E-state index contributed by atoms with van der Waals surface area (Å²) < 4.78 is 32.0. The number of methoxy groups -OCH3 is 1. The summed E-state index contributed by atoms with van der Waals surface area (Å²) in [6.45, 7) is 1.04. The van der Waals surface area contributed by atoms with Crippen molar-refractivity contribution in [1.82, 2.24) is 19.4 Å². The van der Waals surface area contributed by atoms with Crippen LogP contribution < -0.4 is 9.64 Å². The van der Waals surface area contributed by atoms with Crippen LogP contribution in [0.25, 0.3) is 0 Å². The Hall–Kier alpha value is -2.72. The lowest BCUT2D eigenvalue weighted by Crippen LogP contribution is -2.50. The van der Waals surface area contributed by atoms with Crippen LogP contribution >= 0.6 is 0 Å². The number of carbonyl (C=O) groups is 1. The molecule has 1 aromatic heterocycles. The highest BCUT2D eigenvalue weighted by Gasteiger charge is 2.30. The summed E-state index contributed by atoms with van der Waals surface area (Å²) in [4.78, 5) is 16.2. The number of anilines is 1. The van der Waals surface area contributed by atoms with Gasteiger partial charge in [0.15, 0.2) is 11.5 Å². The van der Waals surface area contributed by atoms with Gasteiger partial charge in [0.05, 0.1) is 12.0 Å². The quantitative estimate of drug-likeness (QED) is 0.722. The van der Waals surface area contributed by atoms with Crippen molar-refractivity contribution in [2.24, 2.45) is 0 Å². The van der Waals surface area contributed by atoms with E-state index in [1.165, 1.54) is 23.5 Å². The first-order valence-corrected chi connectivity index (χ1v) is 10.2. The summed E-state index contributed by atoms with van der Waals surface area (Å²) in [5.74, 6) is 1.00. The lowest BCUT2D eigenvalue weighted by atomic mass is 10.3. The first-order valence-electron chi connectivity index (χ1n) is 8.77. The average Bonchev–Trinajstić information content (AvgIpc) is 2.73. The molecule has 0 N–H and O–H groups in total. The highest BCUT2D eigenvalue weighted by Crippen LogP contribution is 2.21. The lowest BCUT2D eigenvalue weighted by molar-refractivity contribution is 0.0691. The Morgan fingerprint density at radius 1 is 1.00 bits per heavy atom. The molecule has 0 aliphatic carbocycles. The maximum atomic E-state index is 12.8. The van der Waals surface area contributed by atoms with Gasteiger partial charge < -0.3 is 14.5 Å². The predicted octanol–water partition coefficient (Wildman–Crippen LogP) is 0.698. The van der Waals surface area contributed by atoms with E-state index in [0.29, 0.717) is 24.7 Å². The number of carbonyl (C=O) groups excluding carboxylic acids is 1. The lowest BCUT2D eigenvalue weighted by Gasteiger charge is -2.33. The third-order valence-electron chi connectivity index (χ3n) is 4.55. The number of aromatic nitrogens is 2. The molecule has 1 aromatic carbocycles. The standard InChI is InChI=1S/C18H23N5O4S/c1-21(2)17-9-8-16(19-20-17)18(24)22-10-12-23(13-11-22)28(25,26)15-6-4-14(27-3)5-7-15/h4-9H,10-13H2,1-3H3. The van der Waals surface area contributed by atoms with Gasteiger partial charge in [0.1, 0.15) is 5.75 Å². The van der Waals surface area contributed by atoms with E-state index in [4.69, 9.17) is 4.74 Å². The zero-order chi connectivity index (χ0) is 20.3. The van der Waals surface area contributed by atoms with Crippen molar-refractivity contribution in [3.05, 3.63) is 42.1 Å². The van der Waals surface area contributed by atoms with Gasteiger partial charge in [-0.15, -0.1) is 10.2 Å². The van der Waals surface area contributed by atoms with Gasteiger partial charge in [0.2, 0.25) is 10.0 Å². The van der Waals surface area contributed by atoms with Crippen LogP contribution in [-0.2, 0) is 10.0 Å². The molecule has 1 aliphatic heterocycles. The van der Waals surface area contributed by atoms with Gasteiger partial charge in [-0.05, 0) is 36.4 Å². The van der Waals surface area contributed by atoms with E-state index in [9.17, 15) is 13.2 Å². The SMILES string of the molecule is COc1ccc(S(=O)(=O)N2CCN(C(=O)c3ccc(N(C)C)nn3)CC2)cc1. The molecule has 1 fully saturated rings. The number of benzene rings is 1. The smallest absolute Gasteiger partial charge is 0.274 e. The van der Waals surface area contributed by atoms with Gasteiger partial charge in [-0.3, -0.25) is 4.79 Å². The highest BCUT2D eigenvalue weighted by atomic mass is 32.2. The fraction of sp³-hybridized carbons (Fsp3) is 0.389. The Kier molecular flexibility index (Phi) is 5.80. The van der Waals surface area contributed by atoms with Gasteiger partial charge in [0, 0.05) is 40.3 Å². The molecule has 0 radical (unpaired) electrons. The van der Waals surface area contributed by atoms with E-state index in [0.717, 1.165) is 0 Å². The minimum atomic E-state index is -3.61. The molecule has 1 amide bonds. The van der Waals surface area contributed by atoms with Crippen LogP contribution in [0.4, 0.5) is 5.82 Å². The molecule has 2 aromatic rings. The van der Waals surface area contributed by atoms with E-state index in [1.807, 2.05) is 14.1 Å². The second kappa shape index (κ2) is 8.11. The van der Waals surface area contributed by atoms with E-state index in [1.54, 1.807) is 34.1 Å². The second-order valence-electron chi connectivity index (χ2n) is 6.54. The summed E-state index contributed by atoms with van der Waals surface area (Å²) in [7, 11) is 1.60. The molecule has 1 saturated heterocycles. The maximum absolute atomic E-state index is 12.8. The Balaban J connectivity index is 1.65. The van der Waals surface area contributed by atoms with E-state index >= 15 is 0 Å². The van der Waals surface area contributed by atoms with Gasteiger partial charge >= 0.3 is 0 Å². The van der Waals surface area contributed by atoms with Gasteiger partial charge in [-0.25, -0.2) is 8.42 Å². The van der Waals surface area contributed by atoms with E-state index in [-0.39, 0.29) is 29.6 Å². The van der Waals surface area contributed by atoms with E-state index in [2.05, 4.69) is 10.2 Å². The number of hydrogen-bond donors (Lipinski definition) is 0. The fourth-order valence-corrected chi connectivity index (χ4v) is 4.29. The molecule has 3 rings (SSSR count). The molecular weight excluding hydrogens is 382 g/mol. The number of sulfonamides is 1. The van der Waals surface area contributed by atoms with Crippen molar-refractivity contribution in [2.45, 2.75) is 4.90 Å². The molecule has 150 valence electrons. The molecule has 0 unspecified atom stereocenters. The highest BCUT2D eigenvalue weighted by molar-refractivity contribution is 7.89. The Morgan fingerprint density at radius 2 is 1.64 bits per heavy atom. The van der Waals surface area contributed by atoms with Crippen molar-refractivity contribution < 1.29 is 17.9 Å². The van der Waals surface area contributed by atoms with Crippen LogP contribution in [0.3, 0.4) is 0 Å². The fourth-order valence-electron chi connectivity index (χ4n) is 2.87. The molecule has 0 saturated carbocycles. The van der Waals surface area contributed by atoms with Gasteiger partial charge in [-0.1, -0.05) is 0 Å². The maximum Gasteiger partial charge on any atom is 0.274 e. The average molecular weight is 405 g/mol. The van der Waals surface area contributed by atoms with Crippen LogP contribution in [0.1, 0.15) is 10.5 Å². The number of ether oxygens (including phenoxy) is 1. The molecule has 0 atom stereocenters. The van der Waals surface area contributed by atoms with Crippen molar-refractivity contribution in [3.63, 3.8) is 0 Å². The predicted molar refractivity (Wildman–Crippen MR) is 104 cm³/mol. The molecule has 0 bridgehead atoms. The minimum Gasteiger partial charge on any atom is -0.497 e. The zero-order valence-electron chi connectivity index (χ0n) is 16.1. The van der Waals surface area contributed by atoms with Gasteiger partial charge in [-0.2, -0.15) is 4.31 Å². The minimum absolute atomic E-state index is 0.207. The largest absolute Gasteiger partial charge is 0.497 e. The summed E-state index contributed by atoms with van der Waals surface area (Å²) >= 11 is 0. The summed E-state index contributed by atoms with van der Waals surface area (Å²) in [6.07, 6.45) is 0. The number of piperazine rings is 1. The van der Waals surface area contributed by atoms with Crippen molar-refractivity contribution in [3.8, 4) is 5.75 Å². The summed E-state index contributed by atoms with van der Waals surface area (Å²) in [5.41, 5.74) is 0.247. The van der Waals surface area contributed by atoms with Gasteiger partial charge in [0.25, 0.3) is 5.91 Å². The third kappa shape index (κ3) is 4.07. The van der Waals surface area contributed by atoms with Crippen molar-refractivity contribution in [2.75, 3.05) is 52.3 Å². The van der Waals surface area contributed by atoms with Crippen LogP contribution in [-0.4, -0.2) is 81.1 Å². The molecule has 9 nitrogen and oxygen atoms in total. The van der Waals surface area contributed by atoms with Crippen molar-refractivity contribution >= 4 is 21.7 Å². The first-order chi connectivity index (χ1) is 13.3. The molecule has 0 spiro atoms. The molecule has 2 heterocycles. The second-order valence-corrected chi connectivity index (χ2v) is 8.48. The van der Waals surface area contributed by atoms with Crippen LogP contribution in [0.5, 0.6) is 5.75 Å². The van der Waals surface area contributed by atoms with Crippen molar-refractivity contribution in [1.29, 1.82) is 0 Å². The summed E-state index contributed by atoms with van der Waals surface area (Å²) in [5, 5.41) is 7.99. The topological polar surface area (TPSA) is 95.9 Å². The van der Waals surface area contributed by atoms with E-state index < -0.39 is 10.0 Å². The number of nitrogens with zero attached hydrogens (tertiary/aromatic N) is 5. The Labute approximate surface area is 164 Å². The van der Waals surface area contributed by atoms with Crippen LogP contribution in [0.2, 0.25) is 0 Å². The molecule has 10 heteroatoms. The normalized spacial score (nSPS) is 15.3. The summed E-state index contributed by atoms with van der Waals surface area (Å²) in [6, 6.07) is 9.63. The molecular formula is C18H23N5O4S. The zero-order valence-corrected chi connectivity index (χ0v) is 16.9. The Bertz CT molecular complexity index is 921.